The predicted octanol–water partition coefficient (Wildman–Crippen LogP) is 3.27. The Bertz CT molecular complexity index is 913. The summed E-state index contributed by atoms with van der Waals surface area (Å²) in [7, 11) is 1.57. The van der Waals surface area contributed by atoms with Crippen LogP contribution in [0.5, 0.6) is 5.75 Å². The average molecular weight is 328 g/mol. The van der Waals surface area contributed by atoms with Gasteiger partial charge < -0.3 is 10.1 Å². The van der Waals surface area contributed by atoms with Crippen LogP contribution < -0.4 is 15.6 Å². The van der Waals surface area contributed by atoms with E-state index in [1.54, 1.807) is 44.4 Å². The van der Waals surface area contributed by atoms with E-state index in [0.29, 0.717) is 16.8 Å². The number of anilines is 1. The molecule has 0 saturated heterocycles. The van der Waals surface area contributed by atoms with Crippen molar-refractivity contribution in [2.75, 3.05) is 12.4 Å². The van der Waals surface area contributed by atoms with Gasteiger partial charge in [-0.05, 0) is 31.2 Å². The molecule has 2 aromatic carbocycles. The predicted molar refractivity (Wildman–Crippen MR) is 92.4 cm³/mol. The Balaban J connectivity index is 1.86. The molecule has 5 nitrogen and oxygen atoms in total. The topological polar surface area (TPSA) is 60.3 Å². The lowest BCUT2D eigenvalue weighted by molar-refractivity contribution is -0.118. The van der Waals surface area contributed by atoms with Crippen molar-refractivity contribution in [3.05, 3.63) is 58.9 Å². The van der Waals surface area contributed by atoms with E-state index in [2.05, 4.69) is 5.32 Å². The summed E-state index contributed by atoms with van der Waals surface area (Å²) in [6.45, 7) is 1.71. The van der Waals surface area contributed by atoms with E-state index in [0.717, 1.165) is 4.70 Å². The molecule has 0 spiro atoms. The first-order chi connectivity index (χ1) is 11.1. The zero-order valence-electron chi connectivity index (χ0n) is 12.8. The number of benzene rings is 2. The normalized spacial score (nSPS) is 12.1. The molecule has 1 N–H and O–H groups in total. The summed E-state index contributed by atoms with van der Waals surface area (Å²) in [6, 6.07) is 13.9. The summed E-state index contributed by atoms with van der Waals surface area (Å²) >= 11 is 1.30. The van der Waals surface area contributed by atoms with Crippen LogP contribution in [0.25, 0.3) is 10.1 Å². The Labute approximate surface area is 137 Å². The Morgan fingerprint density at radius 1 is 1.22 bits per heavy atom. The molecule has 0 fully saturated rings. The molecule has 1 aromatic heterocycles. The third-order valence-electron chi connectivity index (χ3n) is 3.58. The van der Waals surface area contributed by atoms with Crippen molar-refractivity contribution in [3.8, 4) is 5.75 Å². The van der Waals surface area contributed by atoms with Crippen LogP contribution in [-0.4, -0.2) is 17.0 Å². The van der Waals surface area contributed by atoms with Crippen molar-refractivity contribution in [1.29, 1.82) is 0 Å². The maximum absolute atomic E-state index is 12.4. The van der Waals surface area contributed by atoms with Crippen LogP contribution in [0.1, 0.15) is 13.0 Å². The second-order valence-corrected chi connectivity index (χ2v) is 6.13. The molecule has 1 atom stereocenters. The zero-order chi connectivity index (χ0) is 16.4. The molecule has 3 rings (SSSR count). The van der Waals surface area contributed by atoms with Gasteiger partial charge in [0.2, 0.25) is 5.91 Å². The minimum Gasteiger partial charge on any atom is -0.497 e. The number of fused-ring (bicyclic) bond motifs is 1. The highest BCUT2D eigenvalue weighted by Gasteiger charge is 2.19. The van der Waals surface area contributed by atoms with Crippen molar-refractivity contribution in [1.82, 2.24) is 3.96 Å². The van der Waals surface area contributed by atoms with Gasteiger partial charge in [-0.25, -0.2) is 0 Å². The second-order valence-electron chi connectivity index (χ2n) is 5.12. The van der Waals surface area contributed by atoms with Crippen LogP contribution in [0.15, 0.2) is 53.3 Å². The first-order valence-corrected chi connectivity index (χ1v) is 7.93. The lowest BCUT2D eigenvalue weighted by atomic mass is 10.2. The molecule has 0 aliphatic heterocycles. The Hall–Kier alpha value is -2.60. The number of ether oxygens (including phenoxy) is 1. The molecule has 1 heterocycles. The van der Waals surface area contributed by atoms with Gasteiger partial charge >= 0.3 is 0 Å². The first kappa shape index (κ1) is 15.3. The number of rotatable bonds is 4. The number of aromatic nitrogens is 1. The summed E-state index contributed by atoms with van der Waals surface area (Å²) in [4.78, 5) is 24.8. The van der Waals surface area contributed by atoms with Gasteiger partial charge in [-0.1, -0.05) is 29.7 Å². The quantitative estimate of drug-likeness (QED) is 0.799. The number of hydrogen-bond acceptors (Lipinski definition) is 4. The summed E-state index contributed by atoms with van der Waals surface area (Å²) < 4.78 is 7.51. The highest BCUT2D eigenvalue weighted by Crippen LogP contribution is 2.22. The van der Waals surface area contributed by atoms with E-state index in [1.165, 1.54) is 15.5 Å². The lowest BCUT2D eigenvalue weighted by Gasteiger charge is -2.12. The molecule has 0 aliphatic rings. The summed E-state index contributed by atoms with van der Waals surface area (Å²) in [5.74, 6) is 0.418. The highest BCUT2D eigenvalue weighted by molar-refractivity contribution is 7.14. The molecule has 6 heteroatoms. The van der Waals surface area contributed by atoms with E-state index in [1.807, 2.05) is 18.2 Å². The van der Waals surface area contributed by atoms with Crippen LogP contribution >= 0.6 is 11.5 Å². The summed E-state index contributed by atoms with van der Waals surface area (Å²) in [5, 5.41) is 3.45. The van der Waals surface area contributed by atoms with E-state index < -0.39 is 6.04 Å². The molecule has 0 radical (unpaired) electrons. The minimum atomic E-state index is -0.592. The SMILES string of the molecule is COc1cccc(NC(=O)C(C)n2sc3ccccc3c2=O)c1. The number of nitrogens with zero attached hydrogens (tertiary/aromatic N) is 1. The summed E-state index contributed by atoms with van der Waals surface area (Å²) in [6.07, 6.45) is 0. The Morgan fingerprint density at radius 3 is 2.74 bits per heavy atom. The monoisotopic (exact) mass is 328 g/mol. The number of carbonyl (C=O) groups excluding carboxylic acids is 1. The van der Waals surface area contributed by atoms with Gasteiger partial charge in [0.1, 0.15) is 11.8 Å². The van der Waals surface area contributed by atoms with Gasteiger partial charge in [0.25, 0.3) is 5.56 Å². The van der Waals surface area contributed by atoms with Crippen molar-refractivity contribution < 1.29 is 9.53 Å². The molecule has 118 valence electrons. The van der Waals surface area contributed by atoms with Crippen LogP contribution in [0.4, 0.5) is 5.69 Å². The molecule has 0 aliphatic carbocycles. The lowest BCUT2D eigenvalue weighted by Crippen LogP contribution is -2.28. The summed E-state index contributed by atoms with van der Waals surface area (Å²) in [5.41, 5.74) is 0.495. The van der Waals surface area contributed by atoms with E-state index >= 15 is 0 Å². The number of methoxy groups -OCH3 is 1. The van der Waals surface area contributed by atoms with Gasteiger partial charge in [0, 0.05) is 11.8 Å². The maximum Gasteiger partial charge on any atom is 0.269 e. The molecular weight excluding hydrogens is 312 g/mol. The average Bonchev–Trinajstić information content (AvgIpc) is 2.91. The fourth-order valence-corrected chi connectivity index (χ4v) is 3.34. The van der Waals surface area contributed by atoms with E-state index in [4.69, 9.17) is 4.74 Å². The molecule has 0 bridgehead atoms. The van der Waals surface area contributed by atoms with Crippen molar-refractivity contribution in [3.63, 3.8) is 0 Å². The molecule has 3 aromatic rings. The minimum absolute atomic E-state index is 0.140. The molecule has 1 amide bonds. The fourth-order valence-electron chi connectivity index (χ4n) is 2.30. The van der Waals surface area contributed by atoms with Crippen molar-refractivity contribution in [2.24, 2.45) is 0 Å². The van der Waals surface area contributed by atoms with Gasteiger partial charge in [0.05, 0.1) is 17.2 Å². The maximum atomic E-state index is 12.4. The third-order valence-corrected chi connectivity index (χ3v) is 4.81. The third kappa shape index (κ3) is 2.98. The molecular formula is C17H16N2O3S. The van der Waals surface area contributed by atoms with Crippen molar-refractivity contribution >= 4 is 33.2 Å². The Morgan fingerprint density at radius 2 is 2.00 bits per heavy atom. The van der Waals surface area contributed by atoms with Crippen LogP contribution in [0, 0.1) is 0 Å². The Kier molecular flexibility index (Phi) is 4.16. The highest BCUT2D eigenvalue weighted by atomic mass is 32.1. The van der Waals surface area contributed by atoms with Gasteiger partial charge in [-0.15, -0.1) is 0 Å². The van der Waals surface area contributed by atoms with E-state index in [-0.39, 0.29) is 11.5 Å². The number of carbonyl (C=O) groups is 1. The van der Waals surface area contributed by atoms with E-state index in [9.17, 15) is 9.59 Å². The zero-order valence-corrected chi connectivity index (χ0v) is 13.6. The molecule has 1 unspecified atom stereocenters. The number of amides is 1. The van der Waals surface area contributed by atoms with Gasteiger partial charge in [-0.2, -0.15) is 0 Å². The standard InChI is InChI=1S/C17H16N2O3S/c1-11(16(20)18-12-6-5-7-13(10-12)22-2)19-17(21)14-8-3-4-9-15(14)23-19/h3-11H,1-2H3,(H,18,20). The molecule has 0 saturated carbocycles. The van der Waals surface area contributed by atoms with Crippen LogP contribution in [0.2, 0.25) is 0 Å². The fraction of sp³-hybridized carbons (Fsp3) is 0.176. The number of hydrogen-bond donors (Lipinski definition) is 1. The van der Waals surface area contributed by atoms with Crippen LogP contribution in [-0.2, 0) is 4.79 Å². The molecule has 23 heavy (non-hydrogen) atoms. The number of nitrogens with one attached hydrogen (secondary N) is 1. The van der Waals surface area contributed by atoms with Gasteiger partial charge in [0.15, 0.2) is 0 Å². The second kappa shape index (κ2) is 6.26. The van der Waals surface area contributed by atoms with Crippen molar-refractivity contribution in [2.45, 2.75) is 13.0 Å². The van der Waals surface area contributed by atoms with Gasteiger partial charge in [-0.3, -0.25) is 13.5 Å². The first-order valence-electron chi connectivity index (χ1n) is 7.15. The smallest absolute Gasteiger partial charge is 0.269 e. The largest absolute Gasteiger partial charge is 0.497 e. The van der Waals surface area contributed by atoms with Crippen LogP contribution in [0.3, 0.4) is 0 Å².